The van der Waals surface area contributed by atoms with Crippen molar-refractivity contribution < 1.29 is 8.78 Å². The molecule has 0 saturated carbocycles. The van der Waals surface area contributed by atoms with E-state index in [1.807, 2.05) is 42.2 Å². The minimum atomic E-state index is -0.673. The average Bonchev–Trinajstić information content (AvgIpc) is 2.59. The van der Waals surface area contributed by atoms with E-state index in [0.717, 1.165) is 11.8 Å². The Morgan fingerprint density at radius 2 is 1.76 bits per heavy atom. The standard InChI is InChI=1S/C19H18F2N4/c1-3-25(15-7-5-4-6-8-15)19-12-18(22-13(2)23-19)24-17-10-9-14(20)11-16(17)21/h4-12H,3H2,1-2H3,(H,22,23,24). The Hall–Kier alpha value is -3.02. The smallest absolute Gasteiger partial charge is 0.149 e. The second kappa shape index (κ2) is 7.25. The number of nitrogens with zero attached hydrogens (tertiary/aromatic N) is 3. The fourth-order valence-electron chi connectivity index (χ4n) is 2.57. The summed E-state index contributed by atoms with van der Waals surface area (Å²) in [6, 6.07) is 15.0. The van der Waals surface area contributed by atoms with Crippen LogP contribution in [0.4, 0.5) is 31.8 Å². The third kappa shape index (κ3) is 3.91. The molecule has 2 aromatic carbocycles. The molecule has 4 nitrogen and oxygen atoms in total. The van der Waals surface area contributed by atoms with Gasteiger partial charge in [-0.25, -0.2) is 18.7 Å². The Morgan fingerprint density at radius 3 is 2.44 bits per heavy atom. The minimum absolute atomic E-state index is 0.160. The van der Waals surface area contributed by atoms with E-state index in [-0.39, 0.29) is 5.69 Å². The van der Waals surface area contributed by atoms with Gasteiger partial charge in [-0.1, -0.05) is 18.2 Å². The molecule has 3 rings (SSSR count). The van der Waals surface area contributed by atoms with Gasteiger partial charge in [0, 0.05) is 24.4 Å². The highest BCUT2D eigenvalue weighted by Crippen LogP contribution is 2.27. The van der Waals surface area contributed by atoms with Crippen molar-refractivity contribution in [2.45, 2.75) is 13.8 Å². The number of nitrogens with one attached hydrogen (secondary N) is 1. The summed E-state index contributed by atoms with van der Waals surface area (Å²) in [6.07, 6.45) is 0. The number of aryl methyl sites for hydroxylation is 1. The Balaban J connectivity index is 1.95. The lowest BCUT2D eigenvalue weighted by molar-refractivity contribution is 0.586. The van der Waals surface area contributed by atoms with Gasteiger partial charge in [-0.3, -0.25) is 0 Å². The molecule has 3 aromatic rings. The second-order valence-corrected chi connectivity index (χ2v) is 5.49. The molecule has 128 valence electrons. The number of hydrogen-bond acceptors (Lipinski definition) is 4. The highest BCUT2D eigenvalue weighted by atomic mass is 19.1. The minimum Gasteiger partial charge on any atom is -0.338 e. The molecule has 0 spiro atoms. The number of halogens is 2. The van der Waals surface area contributed by atoms with E-state index in [4.69, 9.17) is 0 Å². The molecule has 1 aromatic heterocycles. The molecule has 0 unspecified atom stereocenters. The van der Waals surface area contributed by atoms with Gasteiger partial charge >= 0.3 is 0 Å². The van der Waals surface area contributed by atoms with Crippen molar-refractivity contribution >= 4 is 23.0 Å². The van der Waals surface area contributed by atoms with Crippen molar-refractivity contribution in [3.05, 3.63) is 72.1 Å². The molecule has 0 fully saturated rings. The zero-order valence-corrected chi connectivity index (χ0v) is 14.0. The molecule has 6 heteroatoms. The first-order valence-corrected chi connectivity index (χ1v) is 7.97. The van der Waals surface area contributed by atoms with Crippen molar-refractivity contribution in [3.8, 4) is 0 Å². The van der Waals surface area contributed by atoms with Crippen LogP contribution in [-0.4, -0.2) is 16.5 Å². The molecule has 1 N–H and O–H groups in total. The molecule has 1 heterocycles. The molecule has 0 saturated heterocycles. The number of benzene rings is 2. The Morgan fingerprint density at radius 1 is 1.00 bits per heavy atom. The summed E-state index contributed by atoms with van der Waals surface area (Å²) in [6.45, 7) is 4.51. The lowest BCUT2D eigenvalue weighted by Crippen LogP contribution is -2.18. The normalized spacial score (nSPS) is 10.6. The second-order valence-electron chi connectivity index (χ2n) is 5.49. The molecule has 0 radical (unpaired) electrons. The van der Waals surface area contributed by atoms with Gasteiger partial charge in [0.25, 0.3) is 0 Å². The molecule has 0 amide bonds. The molecular weight excluding hydrogens is 322 g/mol. The van der Waals surface area contributed by atoms with Crippen LogP contribution in [0.3, 0.4) is 0 Å². The lowest BCUT2D eigenvalue weighted by atomic mass is 10.2. The van der Waals surface area contributed by atoms with Crippen molar-refractivity contribution in [2.24, 2.45) is 0 Å². The van der Waals surface area contributed by atoms with Gasteiger partial charge in [-0.15, -0.1) is 0 Å². The maximum Gasteiger partial charge on any atom is 0.149 e. The van der Waals surface area contributed by atoms with E-state index in [2.05, 4.69) is 15.3 Å². The van der Waals surface area contributed by atoms with Gasteiger partial charge in [0.2, 0.25) is 0 Å². The van der Waals surface area contributed by atoms with E-state index in [9.17, 15) is 8.78 Å². The summed E-state index contributed by atoms with van der Waals surface area (Å²) in [4.78, 5) is 10.8. The number of anilines is 4. The van der Waals surface area contributed by atoms with Crippen LogP contribution in [0.2, 0.25) is 0 Å². The molecular formula is C19H18F2N4. The number of aromatic nitrogens is 2. The third-order valence-corrected chi connectivity index (χ3v) is 3.68. The summed E-state index contributed by atoms with van der Waals surface area (Å²) in [5, 5.41) is 2.89. The van der Waals surface area contributed by atoms with Crippen LogP contribution >= 0.6 is 0 Å². The SMILES string of the molecule is CCN(c1ccccc1)c1cc(Nc2ccc(F)cc2F)nc(C)n1. The number of para-hydroxylation sites is 1. The molecule has 0 atom stereocenters. The van der Waals surface area contributed by atoms with E-state index in [0.29, 0.717) is 24.0 Å². The van der Waals surface area contributed by atoms with Gasteiger partial charge in [-0.2, -0.15) is 0 Å². The summed E-state index contributed by atoms with van der Waals surface area (Å²) in [7, 11) is 0. The van der Waals surface area contributed by atoms with Gasteiger partial charge in [0.05, 0.1) is 5.69 Å². The van der Waals surface area contributed by atoms with Crippen molar-refractivity contribution in [2.75, 3.05) is 16.8 Å². The Kier molecular flexibility index (Phi) is 4.88. The predicted octanol–water partition coefficient (Wildman–Crippen LogP) is 4.96. The molecule has 0 aliphatic rings. The van der Waals surface area contributed by atoms with Crippen LogP contribution in [-0.2, 0) is 0 Å². The van der Waals surface area contributed by atoms with E-state index in [1.54, 1.807) is 13.0 Å². The van der Waals surface area contributed by atoms with Gasteiger partial charge in [0.15, 0.2) is 0 Å². The average molecular weight is 340 g/mol. The zero-order valence-electron chi connectivity index (χ0n) is 14.0. The first kappa shape index (κ1) is 16.8. The third-order valence-electron chi connectivity index (χ3n) is 3.68. The van der Waals surface area contributed by atoms with E-state index in [1.165, 1.54) is 12.1 Å². The monoisotopic (exact) mass is 340 g/mol. The van der Waals surface area contributed by atoms with Crippen LogP contribution in [0.1, 0.15) is 12.7 Å². The van der Waals surface area contributed by atoms with E-state index >= 15 is 0 Å². The van der Waals surface area contributed by atoms with Crippen LogP contribution in [0.25, 0.3) is 0 Å². The van der Waals surface area contributed by atoms with Crippen LogP contribution in [0.15, 0.2) is 54.6 Å². The maximum atomic E-state index is 13.9. The Labute approximate surface area is 145 Å². The first-order chi connectivity index (χ1) is 12.1. The van der Waals surface area contributed by atoms with Crippen LogP contribution in [0, 0.1) is 18.6 Å². The summed E-state index contributed by atoms with van der Waals surface area (Å²) in [5.41, 5.74) is 1.16. The van der Waals surface area contributed by atoms with Gasteiger partial charge in [0.1, 0.15) is 29.1 Å². The van der Waals surface area contributed by atoms with E-state index < -0.39 is 11.6 Å². The van der Waals surface area contributed by atoms with Gasteiger partial charge < -0.3 is 10.2 Å². The fraction of sp³-hybridized carbons (Fsp3) is 0.158. The first-order valence-electron chi connectivity index (χ1n) is 7.97. The van der Waals surface area contributed by atoms with Crippen molar-refractivity contribution in [3.63, 3.8) is 0 Å². The maximum absolute atomic E-state index is 13.9. The Bertz CT molecular complexity index is 869. The molecule has 0 aliphatic heterocycles. The summed E-state index contributed by atoms with van der Waals surface area (Å²) in [5.74, 6) is 0.405. The van der Waals surface area contributed by atoms with Crippen LogP contribution < -0.4 is 10.2 Å². The van der Waals surface area contributed by atoms with Crippen LogP contribution in [0.5, 0.6) is 0 Å². The van der Waals surface area contributed by atoms with Crippen molar-refractivity contribution in [1.82, 2.24) is 9.97 Å². The highest BCUT2D eigenvalue weighted by Gasteiger charge is 2.12. The number of hydrogen-bond donors (Lipinski definition) is 1. The summed E-state index contributed by atoms with van der Waals surface area (Å²) < 4.78 is 26.9. The zero-order chi connectivity index (χ0) is 17.8. The molecule has 0 aliphatic carbocycles. The lowest BCUT2D eigenvalue weighted by Gasteiger charge is -2.23. The fourth-order valence-corrected chi connectivity index (χ4v) is 2.57. The molecule has 25 heavy (non-hydrogen) atoms. The predicted molar refractivity (Wildman–Crippen MR) is 95.5 cm³/mol. The largest absolute Gasteiger partial charge is 0.338 e. The topological polar surface area (TPSA) is 41.0 Å². The van der Waals surface area contributed by atoms with Gasteiger partial charge in [-0.05, 0) is 38.1 Å². The van der Waals surface area contributed by atoms with Crippen molar-refractivity contribution in [1.29, 1.82) is 0 Å². The summed E-state index contributed by atoms with van der Waals surface area (Å²) >= 11 is 0. The highest BCUT2D eigenvalue weighted by molar-refractivity contribution is 5.65. The number of rotatable bonds is 5. The molecule has 0 bridgehead atoms. The quantitative estimate of drug-likeness (QED) is 0.712.